The zero-order valence-corrected chi connectivity index (χ0v) is 12.5. The Labute approximate surface area is 133 Å². The normalized spacial score (nSPS) is 20.1. The lowest BCUT2D eigenvalue weighted by atomic mass is 9.84. The van der Waals surface area contributed by atoms with E-state index in [1.54, 1.807) is 43.5 Å². The number of nitrogens with two attached hydrogens (primary N) is 1. The summed E-state index contributed by atoms with van der Waals surface area (Å²) in [5, 5.41) is 2.55. The number of nitrogens with zero attached hydrogens (tertiary/aromatic N) is 1. The Kier molecular flexibility index (Phi) is 3.73. The number of hydrogen-bond donors (Lipinski definition) is 2. The van der Waals surface area contributed by atoms with E-state index in [2.05, 4.69) is 10.3 Å². The third-order valence-electron chi connectivity index (χ3n) is 3.87. The number of benzene rings is 2. The molecular weight excluding hydrogens is 297 g/mol. The number of carbonyl (C=O) groups is 1. The van der Waals surface area contributed by atoms with Gasteiger partial charge in [-0.2, -0.15) is 0 Å². The van der Waals surface area contributed by atoms with Crippen LogP contribution in [-0.2, 0) is 16.8 Å². The Morgan fingerprint density at radius 2 is 1.83 bits per heavy atom. The summed E-state index contributed by atoms with van der Waals surface area (Å²) in [4.78, 5) is 16.9. The summed E-state index contributed by atoms with van der Waals surface area (Å²) in [5.41, 5.74) is 6.03. The molecule has 118 valence electrons. The monoisotopic (exact) mass is 313 g/mol. The van der Waals surface area contributed by atoms with Crippen LogP contribution in [0.1, 0.15) is 11.1 Å². The highest BCUT2D eigenvalue weighted by atomic mass is 19.1. The predicted molar refractivity (Wildman–Crippen MR) is 84.5 cm³/mol. The van der Waals surface area contributed by atoms with Crippen LogP contribution in [0.25, 0.3) is 0 Å². The van der Waals surface area contributed by atoms with Gasteiger partial charge in [-0.05, 0) is 35.4 Å². The van der Waals surface area contributed by atoms with E-state index in [1.165, 1.54) is 12.1 Å². The van der Waals surface area contributed by atoms with Crippen molar-refractivity contribution >= 4 is 11.9 Å². The molecule has 0 aliphatic carbocycles. The van der Waals surface area contributed by atoms with Gasteiger partial charge in [0.15, 0.2) is 11.5 Å². The van der Waals surface area contributed by atoms with Crippen LogP contribution < -0.4 is 15.8 Å². The van der Waals surface area contributed by atoms with Crippen LogP contribution in [0.15, 0.2) is 53.5 Å². The Morgan fingerprint density at radius 1 is 1.17 bits per heavy atom. The summed E-state index contributed by atoms with van der Waals surface area (Å²) in [6.45, 7) is 0. The van der Waals surface area contributed by atoms with Gasteiger partial charge in [0.25, 0.3) is 5.91 Å². The second-order valence-corrected chi connectivity index (χ2v) is 5.34. The van der Waals surface area contributed by atoms with Crippen LogP contribution in [0.2, 0.25) is 0 Å². The molecule has 3 N–H and O–H groups in total. The summed E-state index contributed by atoms with van der Waals surface area (Å²) in [6, 6.07) is 13.1. The topological polar surface area (TPSA) is 76.7 Å². The van der Waals surface area contributed by atoms with E-state index in [4.69, 9.17) is 10.5 Å². The highest BCUT2D eigenvalue weighted by molar-refractivity contribution is 6.07. The lowest BCUT2D eigenvalue weighted by Gasteiger charge is -2.24. The molecule has 0 radical (unpaired) electrons. The molecule has 0 aromatic heterocycles. The van der Waals surface area contributed by atoms with Gasteiger partial charge in [0.2, 0.25) is 0 Å². The Morgan fingerprint density at radius 3 is 2.35 bits per heavy atom. The smallest absolute Gasteiger partial charge is 0.259 e. The van der Waals surface area contributed by atoms with Crippen molar-refractivity contribution in [3.8, 4) is 5.75 Å². The van der Waals surface area contributed by atoms with Gasteiger partial charge < -0.3 is 10.5 Å². The SMILES string of the molecule is COc1ccc([C@@]2(Cc3ccc(F)cc3)N=C(N)NC2=O)cc1. The van der Waals surface area contributed by atoms with Crippen molar-refractivity contribution in [2.24, 2.45) is 10.7 Å². The summed E-state index contributed by atoms with van der Waals surface area (Å²) in [5.74, 6) is 0.129. The van der Waals surface area contributed by atoms with Gasteiger partial charge in [-0.3, -0.25) is 10.1 Å². The van der Waals surface area contributed by atoms with Gasteiger partial charge >= 0.3 is 0 Å². The summed E-state index contributed by atoms with van der Waals surface area (Å²) >= 11 is 0. The van der Waals surface area contributed by atoms with E-state index in [9.17, 15) is 9.18 Å². The second-order valence-electron chi connectivity index (χ2n) is 5.34. The predicted octanol–water partition coefficient (Wildman–Crippen LogP) is 1.72. The van der Waals surface area contributed by atoms with Crippen molar-refractivity contribution < 1.29 is 13.9 Å². The van der Waals surface area contributed by atoms with Crippen LogP contribution in [0, 0.1) is 5.82 Å². The zero-order valence-electron chi connectivity index (χ0n) is 12.5. The maximum Gasteiger partial charge on any atom is 0.259 e. The molecule has 0 saturated carbocycles. The van der Waals surface area contributed by atoms with Crippen molar-refractivity contribution in [3.05, 3.63) is 65.5 Å². The molecule has 1 aliphatic rings. The van der Waals surface area contributed by atoms with E-state index in [1.807, 2.05) is 0 Å². The second kappa shape index (κ2) is 5.72. The minimum atomic E-state index is -1.16. The minimum Gasteiger partial charge on any atom is -0.497 e. The Balaban J connectivity index is 2.04. The van der Waals surface area contributed by atoms with Gasteiger partial charge in [-0.1, -0.05) is 24.3 Å². The number of rotatable bonds is 4. The summed E-state index contributed by atoms with van der Waals surface area (Å²) < 4.78 is 18.2. The van der Waals surface area contributed by atoms with Crippen molar-refractivity contribution in [2.45, 2.75) is 12.0 Å². The van der Waals surface area contributed by atoms with Crippen LogP contribution in [0.3, 0.4) is 0 Å². The fourth-order valence-corrected chi connectivity index (χ4v) is 2.69. The first kappa shape index (κ1) is 15.0. The van der Waals surface area contributed by atoms with Gasteiger partial charge in [-0.15, -0.1) is 0 Å². The van der Waals surface area contributed by atoms with E-state index in [0.29, 0.717) is 11.3 Å². The number of methoxy groups -OCH3 is 1. The largest absolute Gasteiger partial charge is 0.497 e. The first-order chi connectivity index (χ1) is 11.0. The first-order valence-electron chi connectivity index (χ1n) is 7.09. The number of aliphatic imine (C=N–C) groups is 1. The third kappa shape index (κ3) is 2.75. The number of halogens is 1. The lowest BCUT2D eigenvalue weighted by molar-refractivity contribution is -0.124. The van der Waals surface area contributed by atoms with Crippen molar-refractivity contribution in [2.75, 3.05) is 7.11 Å². The molecule has 0 fully saturated rings. The molecule has 0 bridgehead atoms. The molecule has 1 atom stereocenters. The molecule has 3 rings (SSSR count). The molecule has 5 nitrogen and oxygen atoms in total. The van der Waals surface area contributed by atoms with Crippen LogP contribution >= 0.6 is 0 Å². The molecule has 1 heterocycles. The number of amides is 1. The minimum absolute atomic E-state index is 0.0768. The Bertz CT molecular complexity index is 756. The first-order valence-corrected chi connectivity index (χ1v) is 7.09. The number of hydrogen-bond acceptors (Lipinski definition) is 4. The van der Waals surface area contributed by atoms with Gasteiger partial charge in [0.1, 0.15) is 11.6 Å². The average Bonchev–Trinajstić information content (AvgIpc) is 2.84. The van der Waals surface area contributed by atoms with Crippen LogP contribution in [0.4, 0.5) is 4.39 Å². The standard InChI is InChI=1S/C17H16FN3O2/c1-23-14-8-4-12(5-9-14)17(15(22)20-16(19)21-17)10-11-2-6-13(18)7-3-11/h2-9H,10H2,1H3,(H3,19,20,21,22)/t17-/m1/s1. The van der Waals surface area contributed by atoms with Gasteiger partial charge in [0, 0.05) is 6.42 Å². The highest BCUT2D eigenvalue weighted by Gasteiger charge is 2.44. The molecule has 1 amide bonds. The molecule has 23 heavy (non-hydrogen) atoms. The van der Waals surface area contributed by atoms with Gasteiger partial charge in [-0.25, -0.2) is 9.38 Å². The lowest BCUT2D eigenvalue weighted by Crippen LogP contribution is -2.40. The number of nitrogens with one attached hydrogen (secondary N) is 1. The van der Waals surface area contributed by atoms with Crippen LogP contribution in [0.5, 0.6) is 5.75 Å². The fraction of sp³-hybridized carbons (Fsp3) is 0.176. The molecule has 1 aliphatic heterocycles. The average molecular weight is 313 g/mol. The maximum atomic E-state index is 13.1. The molecular formula is C17H16FN3O2. The molecule has 2 aromatic carbocycles. The van der Waals surface area contributed by atoms with Crippen molar-refractivity contribution in [1.82, 2.24) is 5.32 Å². The van der Waals surface area contributed by atoms with Crippen LogP contribution in [-0.4, -0.2) is 19.0 Å². The van der Waals surface area contributed by atoms with Crippen molar-refractivity contribution in [1.29, 1.82) is 0 Å². The molecule has 0 saturated heterocycles. The highest BCUT2D eigenvalue weighted by Crippen LogP contribution is 2.34. The third-order valence-corrected chi connectivity index (χ3v) is 3.87. The van der Waals surface area contributed by atoms with E-state index in [-0.39, 0.29) is 24.1 Å². The van der Waals surface area contributed by atoms with Crippen molar-refractivity contribution in [3.63, 3.8) is 0 Å². The summed E-state index contributed by atoms with van der Waals surface area (Å²) in [7, 11) is 1.57. The number of carbonyl (C=O) groups excluding carboxylic acids is 1. The molecule has 0 unspecified atom stereocenters. The molecule has 0 spiro atoms. The van der Waals surface area contributed by atoms with Gasteiger partial charge in [0.05, 0.1) is 7.11 Å². The molecule has 2 aromatic rings. The zero-order chi connectivity index (χ0) is 16.4. The number of guanidine groups is 1. The quantitative estimate of drug-likeness (QED) is 0.902. The van der Waals surface area contributed by atoms with E-state index in [0.717, 1.165) is 5.56 Å². The summed E-state index contributed by atoms with van der Waals surface area (Å²) in [6.07, 6.45) is 0.284. The fourth-order valence-electron chi connectivity index (χ4n) is 2.69. The van der Waals surface area contributed by atoms with E-state index < -0.39 is 5.54 Å². The maximum absolute atomic E-state index is 13.1. The number of ether oxygens (including phenoxy) is 1. The molecule has 6 heteroatoms. The van der Waals surface area contributed by atoms with E-state index >= 15 is 0 Å². The Hall–Kier alpha value is -2.89.